The molecule has 8 atom stereocenters. The van der Waals surface area contributed by atoms with Crippen LogP contribution in [0.3, 0.4) is 0 Å². The highest BCUT2D eigenvalue weighted by atomic mass is 16.5. The number of hydrogen-bond acceptors (Lipinski definition) is 5. The molecule has 0 spiro atoms. The second-order valence-electron chi connectivity index (χ2n) is 19.9. The Morgan fingerprint density at radius 1 is 0.868 bits per heavy atom. The van der Waals surface area contributed by atoms with Crippen molar-refractivity contribution in [3.63, 3.8) is 0 Å². The average molecular weight is 725 g/mol. The van der Waals surface area contributed by atoms with Crippen molar-refractivity contribution >= 4 is 17.8 Å². The van der Waals surface area contributed by atoms with Crippen molar-refractivity contribution in [2.24, 2.45) is 50.2 Å². The minimum atomic E-state index is -0.543. The lowest BCUT2D eigenvalue weighted by atomic mass is 9.33. The second kappa shape index (κ2) is 13.4. The van der Waals surface area contributed by atoms with Crippen molar-refractivity contribution in [3.05, 3.63) is 71.7 Å². The van der Waals surface area contributed by atoms with Crippen LogP contribution >= 0.6 is 0 Å². The highest BCUT2D eigenvalue weighted by Crippen LogP contribution is 2.76. The molecule has 7 rings (SSSR count). The predicted octanol–water partition coefficient (Wildman–Crippen LogP) is 9.66. The first kappa shape index (κ1) is 37.9. The zero-order valence-corrected chi connectivity index (χ0v) is 33.7. The largest absolute Gasteiger partial charge is 0.472 e. The fraction of sp³-hybridized carbons (Fsp3) is 0.674. The number of fused-ring (bicyclic) bond motifs is 7. The van der Waals surface area contributed by atoms with E-state index in [-0.39, 0.29) is 63.4 Å². The number of ether oxygens (including phenoxy) is 1. The van der Waals surface area contributed by atoms with Gasteiger partial charge >= 0.3 is 5.97 Å². The zero-order valence-electron chi connectivity index (χ0n) is 33.7. The van der Waals surface area contributed by atoms with Crippen LogP contribution < -0.4 is 5.32 Å². The third kappa shape index (κ3) is 6.30. The second-order valence-corrected chi connectivity index (χ2v) is 19.9. The molecule has 1 N–H and O–H groups in total. The SMILES string of the molecule is CC(=O)O[C@H]1CC[C@]2(C)[C@H]3CC=C4[C@@H]5CC(C)(C)CC[C@]5(C(=O)N(CC(=O)NCc5ccccc5)Cc5ccoc5)CC[C@@]4(C)[C@]3(C)CC[C@H]2C1(C)C. The van der Waals surface area contributed by atoms with Crippen LogP contribution in [0, 0.1) is 50.2 Å². The summed E-state index contributed by atoms with van der Waals surface area (Å²) in [5, 5.41) is 3.09. The maximum Gasteiger partial charge on any atom is 0.302 e. The quantitative estimate of drug-likeness (QED) is 0.216. The summed E-state index contributed by atoms with van der Waals surface area (Å²) in [6.45, 7) is 19.5. The maximum absolute atomic E-state index is 15.4. The van der Waals surface area contributed by atoms with Crippen molar-refractivity contribution in [1.29, 1.82) is 0 Å². The summed E-state index contributed by atoms with van der Waals surface area (Å²) in [7, 11) is 0. The highest BCUT2D eigenvalue weighted by Gasteiger charge is 2.69. The number of benzene rings is 1. The molecule has 0 saturated heterocycles. The lowest BCUT2D eigenvalue weighted by molar-refractivity contribution is -0.212. The Morgan fingerprint density at radius 3 is 2.30 bits per heavy atom. The number of allylic oxidation sites excluding steroid dienone is 2. The van der Waals surface area contributed by atoms with E-state index >= 15 is 4.79 Å². The first-order valence-corrected chi connectivity index (χ1v) is 20.4. The summed E-state index contributed by atoms with van der Waals surface area (Å²) >= 11 is 0. The molecule has 288 valence electrons. The number of esters is 1. The van der Waals surface area contributed by atoms with Crippen molar-refractivity contribution in [2.75, 3.05) is 6.54 Å². The fourth-order valence-electron chi connectivity index (χ4n) is 13.2. The van der Waals surface area contributed by atoms with Crippen molar-refractivity contribution < 1.29 is 23.5 Å². The molecule has 5 aliphatic rings. The molecule has 1 heterocycles. The van der Waals surface area contributed by atoms with Gasteiger partial charge in [-0.25, -0.2) is 0 Å². The van der Waals surface area contributed by atoms with Crippen LogP contribution in [0.1, 0.15) is 131 Å². The number of nitrogens with one attached hydrogen (secondary N) is 1. The van der Waals surface area contributed by atoms with E-state index in [1.165, 1.54) is 5.57 Å². The van der Waals surface area contributed by atoms with E-state index in [1.807, 2.05) is 41.3 Å². The van der Waals surface area contributed by atoms with Crippen LogP contribution in [0.25, 0.3) is 0 Å². The van der Waals surface area contributed by atoms with Crippen LogP contribution in [0.5, 0.6) is 0 Å². The summed E-state index contributed by atoms with van der Waals surface area (Å²) in [5.74, 6) is 0.954. The molecule has 1 aromatic heterocycles. The van der Waals surface area contributed by atoms with Gasteiger partial charge in [-0.3, -0.25) is 14.4 Å². The number of furan rings is 1. The highest BCUT2D eigenvalue weighted by molar-refractivity contribution is 5.89. The van der Waals surface area contributed by atoms with Gasteiger partial charge in [-0.1, -0.05) is 90.4 Å². The van der Waals surface area contributed by atoms with Crippen molar-refractivity contribution in [3.8, 4) is 0 Å². The Balaban J connectivity index is 1.21. The van der Waals surface area contributed by atoms with Crippen LogP contribution in [0.15, 0.2) is 65.0 Å². The van der Waals surface area contributed by atoms with E-state index < -0.39 is 5.41 Å². The van der Waals surface area contributed by atoms with Crippen LogP contribution in [-0.2, 0) is 32.2 Å². The van der Waals surface area contributed by atoms with E-state index in [0.717, 1.165) is 75.3 Å². The third-order valence-electron chi connectivity index (χ3n) is 16.2. The number of hydrogen-bond donors (Lipinski definition) is 1. The monoisotopic (exact) mass is 724 g/mol. The number of nitrogens with zero attached hydrogens (tertiary/aromatic N) is 1. The molecule has 0 aliphatic heterocycles. The number of amides is 2. The molecule has 7 nitrogen and oxygen atoms in total. The van der Waals surface area contributed by atoms with Gasteiger partial charge in [-0.15, -0.1) is 0 Å². The van der Waals surface area contributed by atoms with E-state index in [0.29, 0.717) is 24.9 Å². The van der Waals surface area contributed by atoms with Crippen molar-refractivity contribution in [1.82, 2.24) is 10.2 Å². The molecular weight excluding hydrogens is 661 g/mol. The molecule has 4 fully saturated rings. The normalized spacial score (nSPS) is 36.7. The Morgan fingerprint density at radius 2 is 1.60 bits per heavy atom. The molecule has 53 heavy (non-hydrogen) atoms. The third-order valence-corrected chi connectivity index (χ3v) is 16.2. The molecule has 5 aliphatic carbocycles. The molecule has 0 bridgehead atoms. The number of rotatable bonds is 8. The lowest BCUT2D eigenvalue weighted by Crippen LogP contribution is -2.65. The van der Waals surface area contributed by atoms with Crippen LogP contribution in [0.2, 0.25) is 0 Å². The van der Waals surface area contributed by atoms with Gasteiger partial charge in [-0.05, 0) is 115 Å². The van der Waals surface area contributed by atoms with Gasteiger partial charge in [0.05, 0.1) is 24.5 Å². The van der Waals surface area contributed by atoms with Gasteiger partial charge in [0, 0.05) is 31.0 Å². The predicted molar refractivity (Wildman–Crippen MR) is 207 cm³/mol. The average Bonchev–Trinajstić information content (AvgIpc) is 3.62. The first-order valence-electron chi connectivity index (χ1n) is 20.4. The van der Waals surface area contributed by atoms with Gasteiger partial charge in [-0.2, -0.15) is 0 Å². The smallest absolute Gasteiger partial charge is 0.302 e. The molecule has 2 amide bonds. The summed E-state index contributed by atoms with van der Waals surface area (Å²) < 4.78 is 11.4. The van der Waals surface area contributed by atoms with Gasteiger partial charge in [0.1, 0.15) is 6.10 Å². The Hall–Kier alpha value is -3.35. The molecule has 0 radical (unpaired) electrons. The van der Waals surface area contributed by atoms with E-state index in [9.17, 15) is 9.59 Å². The lowest BCUT2D eigenvalue weighted by Gasteiger charge is -2.71. The molecule has 0 unspecified atom stereocenters. The fourth-order valence-corrected chi connectivity index (χ4v) is 13.2. The standard InChI is InChI=1S/C46H64N2O5/c1-31(49)53-38-17-19-43(6)36(42(38,4)5)16-20-45(8)37(43)15-14-34-35-26-41(2,3)21-23-46(35,24-22-44(34,45)7)40(51)48(28-33-18-25-52-30-33)29-39(50)47-27-32-12-10-9-11-13-32/h9-14,18,25,30,35-38H,15-17,19-24,26-29H2,1-8H3,(H,47,50)/t35-,36-,37+,38-,43-,44+,45+,46-/m0/s1. The number of carbonyl (C=O) groups is 3. The van der Waals surface area contributed by atoms with Crippen LogP contribution in [-0.4, -0.2) is 35.3 Å². The number of carbonyl (C=O) groups excluding carboxylic acids is 3. The summed E-state index contributed by atoms with van der Waals surface area (Å²) in [5.41, 5.74) is 3.17. The Kier molecular flexibility index (Phi) is 9.62. The summed E-state index contributed by atoms with van der Waals surface area (Å²) in [6, 6.07) is 11.8. The van der Waals surface area contributed by atoms with Gasteiger partial charge < -0.3 is 19.4 Å². The minimum absolute atomic E-state index is 0.0225. The zero-order chi connectivity index (χ0) is 38.0. The minimum Gasteiger partial charge on any atom is -0.472 e. The molecule has 2 aromatic rings. The van der Waals surface area contributed by atoms with E-state index in [4.69, 9.17) is 9.15 Å². The van der Waals surface area contributed by atoms with E-state index in [2.05, 4.69) is 59.9 Å². The van der Waals surface area contributed by atoms with E-state index in [1.54, 1.807) is 19.5 Å². The maximum atomic E-state index is 15.4. The summed E-state index contributed by atoms with van der Waals surface area (Å²) in [6.07, 6.45) is 15.9. The van der Waals surface area contributed by atoms with Crippen molar-refractivity contribution in [2.45, 2.75) is 139 Å². The van der Waals surface area contributed by atoms with Gasteiger partial charge in [0.25, 0.3) is 0 Å². The van der Waals surface area contributed by atoms with Gasteiger partial charge in [0.2, 0.25) is 11.8 Å². The van der Waals surface area contributed by atoms with Gasteiger partial charge in [0.15, 0.2) is 0 Å². The first-order chi connectivity index (χ1) is 25.0. The molecular formula is C46H64N2O5. The Bertz CT molecular complexity index is 1730. The Labute approximate surface area is 318 Å². The molecule has 1 aromatic carbocycles. The molecule has 4 saturated carbocycles. The van der Waals surface area contributed by atoms with Crippen LogP contribution in [0.4, 0.5) is 0 Å². The topological polar surface area (TPSA) is 88.9 Å². The summed E-state index contributed by atoms with van der Waals surface area (Å²) in [4.78, 5) is 43.0. The molecule has 7 heteroatoms.